The van der Waals surface area contributed by atoms with Crippen LogP contribution in [-0.2, 0) is 0 Å². The van der Waals surface area contributed by atoms with E-state index in [2.05, 4.69) is 29.2 Å². The number of fused-ring (bicyclic) bond motifs is 1. The van der Waals surface area contributed by atoms with Crippen molar-refractivity contribution >= 4 is 16.8 Å². The summed E-state index contributed by atoms with van der Waals surface area (Å²) in [5.74, 6) is 0.385. The third-order valence-corrected chi connectivity index (χ3v) is 6.21. The molecule has 1 aliphatic heterocycles. The molecule has 0 aliphatic carbocycles. The number of hydrogen-bond acceptors (Lipinski definition) is 3. The molecule has 0 unspecified atom stereocenters. The molecular weight excluding hydrogens is 402 g/mol. The number of aromatic amines is 1. The lowest BCUT2D eigenvalue weighted by molar-refractivity contribution is 0.0713. The number of nitrogens with one attached hydrogen (secondary N) is 1. The Kier molecular flexibility index (Phi) is 5.19. The molecule has 32 heavy (non-hydrogen) atoms. The fraction of sp³-hybridized carbons (Fsp3) is 0.192. The third-order valence-electron chi connectivity index (χ3n) is 6.21. The van der Waals surface area contributed by atoms with E-state index in [-0.39, 0.29) is 5.91 Å². The first kappa shape index (κ1) is 20.0. The molecule has 1 aromatic heterocycles. The largest absolute Gasteiger partial charge is 0.339 e. The van der Waals surface area contributed by atoms with Gasteiger partial charge in [-0.05, 0) is 54.7 Å². The number of aromatic nitrogens is 2. The number of likely N-dealkylation sites (tertiary alicyclic amines) is 1. The number of piperidine rings is 1. The molecule has 4 aromatic rings. The number of carbonyl (C=O) groups excluding carboxylic acids is 1. The molecule has 6 nitrogen and oxygen atoms in total. The predicted octanol–water partition coefficient (Wildman–Crippen LogP) is 3.70. The standard InChI is InChI=1S/C26H23N3O3/c30-24(28-15-13-19(14-16-28)18-7-3-1-4-8-18)20-11-12-22-23(17-20)27-26(32)29(25(22)31)21-9-5-2-6-10-21/h1-12,17,19H,13-16H2,(H,27,32). The topological polar surface area (TPSA) is 75.2 Å². The van der Waals surface area contributed by atoms with Gasteiger partial charge in [0, 0.05) is 18.7 Å². The summed E-state index contributed by atoms with van der Waals surface area (Å²) in [6.07, 6.45) is 1.84. The first-order valence-corrected chi connectivity index (χ1v) is 10.8. The van der Waals surface area contributed by atoms with Crippen LogP contribution in [0.3, 0.4) is 0 Å². The molecule has 0 radical (unpaired) electrons. The fourth-order valence-corrected chi connectivity index (χ4v) is 4.49. The molecule has 160 valence electrons. The van der Waals surface area contributed by atoms with E-state index in [1.807, 2.05) is 17.0 Å². The molecule has 3 aromatic carbocycles. The number of amides is 1. The second-order valence-electron chi connectivity index (χ2n) is 8.14. The van der Waals surface area contributed by atoms with Crippen molar-refractivity contribution in [1.29, 1.82) is 0 Å². The van der Waals surface area contributed by atoms with E-state index >= 15 is 0 Å². The van der Waals surface area contributed by atoms with Gasteiger partial charge in [0.05, 0.1) is 16.6 Å². The number of nitrogens with zero attached hydrogens (tertiary/aromatic N) is 2. The van der Waals surface area contributed by atoms with Crippen LogP contribution in [0.5, 0.6) is 0 Å². The van der Waals surface area contributed by atoms with Gasteiger partial charge in [-0.2, -0.15) is 0 Å². The number of rotatable bonds is 3. The molecule has 1 amide bonds. The van der Waals surface area contributed by atoms with Crippen LogP contribution in [0.15, 0.2) is 88.5 Å². The molecule has 2 heterocycles. The lowest BCUT2D eigenvalue weighted by atomic mass is 9.89. The van der Waals surface area contributed by atoms with Crippen LogP contribution in [-0.4, -0.2) is 33.4 Å². The van der Waals surface area contributed by atoms with Crippen LogP contribution in [0.25, 0.3) is 16.6 Å². The van der Waals surface area contributed by atoms with Gasteiger partial charge in [0.2, 0.25) is 0 Å². The van der Waals surface area contributed by atoms with Gasteiger partial charge in [-0.3, -0.25) is 9.59 Å². The summed E-state index contributed by atoms with van der Waals surface area (Å²) in [7, 11) is 0. The number of benzene rings is 3. The number of hydrogen-bond donors (Lipinski definition) is 1. The summed E-state index contributed by atoms with van der Waals surface area (Å²) >= 11 is 0. The van der Waals surface area contributed by atoms with Gasteiger partial charge in [0.25, 0.3) is 11.5 Å². The van der Waals surface area contributed by atoms with Crippen molar-refractivity contribution in [3.8, 4) is 5.69 Å². The van der Waals surface area contributed by atoms with E-state index < -0.39 is 11.2 Å². The van der Waals surface area contributed by atoms with Gasteiger partial charge in [0.1, 0.15) is 0 Å². The molecule has 0 bridgehead atoms. The molecule has 1 saturated heterocycles. The molecule has 5 rings (SSSR count). The maximum Gasteiger partial charge on any atom is 0.333 e. The highest BCUT2D eigenvalue weighted by molar-refractivity contribution is 5.97. The fourth-order valence-electron chi connectivity index (χ4n) is 4.49. The van der Waals surface area contributed by atoms with Crippen molar-refractivity contribution in [2.45, 2.75) is 18.8 Å². The van der Waals surface area contributed by atoms with Crippen molar-refractivity contribution in [3.63, 3.8) is 0 Å². The van der Waals surface area contributed by atoms with Crippen LogP contribution in [0.2, 0.25) is 0 Å². The molecule has 0 atom stereocenters. The quantitative estimate of drug-likeness (QED) is 0.544. The average Bonchev–Trinajstić information content (AvgIpc) is 2.84. The predicted molar refractivity (Wildman–Crippen MR) is 124 cm³/mol. The lowest BCUT2D eigenvalue weighted by Gasteiger charge is -2.32. The monoisotopic (exact) mass is 425 g/mol. The number of H-pyrrole nitrogens is 1. The Bertz CT molecular complexity index is 1380. The highest BCUT2D eigenvalue weighted by atomic mass is 16.2. The van der Waals surface area contributed by atoms with Gasteiger partial charge in [-0.15, -0.1) is 0 Å². The summed E-state index contributed by atoms with van der Waals surface area (Å²) < 4.78 is 1.11. The van der Waals surface area contributed by atoms with Crippen molar-refractivity contribution < 1.29 is 4.79 Å². The second-order valence-corrected chi connectivity index (χ2v) is 8.14. The van der Waals surface area contributed by atoms with E-state index in [4.69, 9.17) is 0 Å². The minimum Gasteiger partial charge on any atom is -0.339 e. The van der Waals surface area contributed by atoms with Gasteiger partial charge in [0.15, 0.2) is 0 Å². The molecule has 0 spiro atoms. The SMILES string of the molecule is O=C(c1ccc2c(=O)n(-c3ccccc3)c(=O)[nH]c2c1)N1CCC(c2ccccc2)CC1. The van der Waals surface area contributed by atoms with Gasteiger partial charge < -0.3 is 9.88 Å². The Hall–Kier alpha value is -3.93. The molecule has 1 fully saturated rings. The van der Waals surface area contributed by atoms with E-state index in [9.17, 15) is 14.4 Å². The lowest BCUT2D eigenvalue weighted by Crippen LogP contribution is -2.38. The van der Waals surface area contributed by atoms with Gasteiger partial charge >= 0.3 is 5.69 Å². The normalized spacial score (nSPS) is 14.6. The zero-order valence-corrected chi connectivity index (χ0v) is 17.5. The molecule has 1 aliphatic rings. The van der Waals surface area contributed by atoms with E-state index in [0.29, 0.717) is 41.2 Å². The zero-order chi connectivity index (χ0) is 22.1. The Morgan fingerprint density at radius 3 is 2.19 bits per heavy atom. The van der Waals surface area contributed by atoms with Crippen LogP contribution < -0.4 is 11.2 Å². The van der Waals surface area contributed by atoms with E-state index in [0.717, 1.165) is 17.4 Å². The van der Waals surface area contributed by atoms with Crippen LogP contribution >= 0.6 is 0 Å². The molecule has 0 saturated carbocycles. The Morgan fingerprint density at radius 1 is 0.844 bits per heavy atom. The minimum absolute atomic E-state index is 0.0773. The second kappa shape index (κ2) is 8.30. The van der Waals surface area contributed by atoms with Crippen molar-refractivity contribution in [1.82, 2.24) is 14.5 Å². The Balaban J connectivity index is 1.40. The maximum absolute atomic E-state index is 13.1. The van der Waals surface area contributed by atoms with E-state index in [1.54, 1.807) is 42.5 Å². The van der Waals surface area contributed by atoms with Crippen LogP contribution in [0, 0.1) is 0 Å². The Labute approximate surface area is 184 Å². The molecular formula is C26H23N3O3. The van der Waals surface area contributed by atoms with Crippen LogP contribution in [0.1, 0.15) is 34.7 Å². The van der Waals surface area contributed by atoms with Crippen molar-refractivity contribution in [3.05, 3.63) is 111 Å². The first-order chi connectivity index (χ1) is 15.6. The van der Waals surface area contributed by atoms with Gasteiger partial charge in [-0.1, -0.05) is 48.5 Å². The molecule has 1 N–H and O–H groups in total. The minimum atomic E-state index is -0.526. The number of para-hydroxylation sites is 1. The highest BCUT2D eigenvalue weighted by Gasteiger charge is 2.25. The first-order valence-electron chi connectivity index (χ1n) is 10.8. The maximum atomic E-state index is 13.1. The number of carbonyl (C=O) groups is 1. The smallest absolute Gasteiger partial charge is 0.333 e. The summed E-state index contributed by atoms with van der Waals surface area (Å²) in [4.78, 5) is 43.3. The van der Waals surface area contributed by atoms with Crippen molar-refractivity contribution in [2.75, 3.05) is 13.1 Å². The van der Waals surface area contributed by atoms with E-state index in [1.165, 1.54) is 5.56 Å². The average molecular weight is 425 g/mol. The van der Waals surface area contributed by atoms with Gasteiger partial charge in [-0.25, -0.2) is 9.36 Å². The van der Waals surface area contributed by atoms with Crippen molar-refractivity contribution in [2.24, 2.45) is 0 Å². The van der Waals surface area contributed by atoms with Crippen LogP contribution in [0.4, 0.5) is 0 Å². The third kappa shape index (κ3) is 3.64. The molecule has 6 heteroatoms. The summed E-state index contributed by atoms with van der Waals surface area (Å²) in [6, 6.07) is 24.1. The summed E-state index contributed by atoms with van der Waals surface area (Å²) in [6.45, 7) is 1.37. The highest BCUT2D eigenvalue weighted by Crippen LogP contribution is 2.28. The summed E-state index contributed by atoms with van der Waals surface area (Å²) in [5.41, 5.74) is 1.74. The Morgan fingerprint density at radius 2 is 1.50 bits per heavy atom. The zero-order valence-electron chi connectivity index (χ0n) is 17.5. The summed E-state index contributed by atoms with van der Waals surface area (Å²) in [5, 5.41) is 0.368.